The van der Waals surface area contributed by atoms with Crippen molar-refractivity contribution in [1.82, 2.24) is 4.31 Å². The van der Waals surface area contributed by atoms with E-state index in [0.29, 0.717) is 22.2 Å². The van der Waals surface area contributed by atoms with Gasteiger partial charge < -0.3 is 14.8 Å². The molecule has 0 saturated carbocycles. The summed E-state index contributed by atoms with van der Waals surface area (Å²) in [5.74, 6) is 0.135. The van der Waals surface area contributed by atoms with Gasteiger partial charge in [-0.3, -0.25) is 4.79 Å². The Labute approximate surface area is 198 Å². The first-order chi connectivity index (χ1) is 15.7. The number of nitrogens with zero attached hydrogens (tertiary/aromatic N) is 1. The fraction of sp³-hybridized carbons (Fsp3) is 0.208. The molecule has 7 nitrogen and oxygen atoms in total. The van der Waals surface area contributed by atoms with Crippen LogP contribution >= 0.6 is 11.6 Å². The van der Waals surface area contributed by atoms with E-state index < -0.39 is 22.5 Å². The quantitative estimate of drug-likeness (QED) is 0.479. The number of nitrogens with one attached hydrogen (secondary N) is 1. The minimum Gasteiger partial charge on any atom is -0.495 e. The van der Waals surface area contributed by atoms with Crippen molar-refractivity contribution in [2.24, 2.45) is 0 Å². The molecule has 0 spiro atoms. The molecule has 0 heterocycles. The van der Waals surface area contributed by atoms with Crippen LogP contribution in [0.4, 0.5) is 5.69 Å². The number of carbonyl (C=O) groups is 1. The van der Waals surface area contributed by atoms with Crippen molar-refractivity contribution in [3.63, 3.8) is 0 Å². The number of benzene rings is 3. The number of methoxy groups -OCH3 is 2. The maximum Gasteiger partial charge on any atom is 0.243 e. The van der Waals surface area contributed by atoms with Crippen molar-refractivity contribution < 1.29 is 22.7 Å². The smallest absolute Gasteiger partial charge is 0.243 e. The molecule has 3 aromatic carbocycles. The van der Waals surface area contributed by atoms with Gasteiger partial charge in [0.05, 0.1) is 36.4 Å². The number of hydrogen-bond donors (Lipinski definition) is 1. The first-order valence-corrected chi connectivity index (χ1v) is 11.9. The van der Waals surface area contributed by atoms with Crippen molar-refractivity contribution in [2.75, 3.05) is 26.1 Å². The van der Waals surface area contributed by atoms with Crippen LogP contribution in [0.3, 0.4) is 0 Å². The van der Waals surface area contributed by atoms with Crippen molar-refractivity contribution in [2.45, 2.75) is 18.4 Å². The van der Waals surface area contributed by atoms with Crippen LogP contribution in [0, 0.1) is 6.92 Å². The van der Waals surface area contributed by atoms with Gasteiger partial charge >= 0.3 is 0 Å². The largest absolute Gasteiger partial charge is 0.495 e. The summed E-state index contributed by atoms with van der Waals surface area (Å²) in [4.78, 5) is 13.1. The summed E-state index contributed by atoms with van der Waals surface area (Å²) in [5.41, 5.74) is 2.01. The highest BCUT2D eigenvalue weighted by Crippen LogP contribution is 2.36. The molecule has 1 N–H and O–H groups in total. The number of aryl methyl sites for hydroxylation is 1. The fourth-order valence-corrected chi connectivity index (χ4v) is 4.80. The standard InChI is InChI=1S/C24H25ClN2O5S/c1-17-9-11-19(12-10-17)33(29,30)27(15-18-7-5-4-6-8-18)16-24(28)26-21-14-22(31-2)20(25)13-23(21)32-3/h4-14H,15-16H2,1-3H3,(H,26,28). The number of carbonyl (C=O) groups excluding carboxylic acids is 1. The second-order valence-corrected chi connectivity index (χ2v) is 9.65. The van der Waals surface area contributed by atoms with Gasteiger partial charge in [-0.05, 0) is 24.6 Å². The lowest BCUT2D eigenvalue weighted by Crippen LogP contribution is -2.37. The Morgan fingerprint density at radius 3 is 2.21 bits per heavy atom. The third-order valence-corrected chi connectivity index (χ3v) is 7.03. The molecule has 1 amide bonds. The molecule has 33 heavy (non-hydrogen) atoms. The summed E-state index contributed by atoms with van der Waals surface area (Å²) in [7, 11) is -1.05. The lowest BCUT2D eigenvalue weighted by atomic mass is 10.2. The van der Waals surface area contributed by atoms with Crippen molar-refractivity contribution in [3.8, 4) is 11.5 Å². The summed E-state index contributed by atoms with van der Waals surface area (Å²) in [6, 6.07) is 18.6. The molecular formula is C24H25ClN2O5S. The zero-order valence-corrected chi connectivity index (χ0v) is 20.1. The van der Waals surface area contributed by atoms with E-state index in [2.05, 4.69) is 5.32 Å². The molecule has 0 aromatic heterocycles. The van der Waals surface area contributed by atoms with Gasteiger partial charge in [-0.1, -0.05) is 59.6 Å². The van der Waals surface area contributed by atoms with E-state index in [9.17, 15) is 13.2 Å². The summed E-state index contributed by atoms with van der Waals surface area (Å²) >= 11 is 6.12. The monoisotopic (exact) mass is 488 g/mol. The van der Waals surface area contributed by atoms with Gasteiger partial charge in [0, 0.05) is 18.7 Å². The molecular weight excluding hydrogens is 464 g/mol. The summed E-state index contributed by atoms with van der Waals surface area (Å²) < 4.78 is 38.4. The molecule has 0 saturated heterocycles. The third-order valence-electron chi connectivity index (χ3n) is 4.93. The summed E-state index contributed by atoms with van der Waals surface area (Å²) in [5, 5.41) is 3.02. The average Bonchev–Trinajstić information content (AvgIpc) is 2.80. The van der Waals surface area contributed by atoms with Gasteiger partial charge in [0.2, 0.25) is 15.9 Å². The fourth-order valence-electron chi connectivity index (χ4n) is 3.18. The molecule has 0 unspecified atom stereocenters. The highest BCUT2D eigenvalue weighted by molar-refractivity contribution is 7.89. The first kappa shape index (κ1) is 24.6. The topological polar surface area (TPSA) is 84.9 Å². The second-order valence-electron chi connectivity index (χ2n) is 7.31. The van der Waals surface area contributed by atoms with Gasteiger partial charge in [-0.15, -0.1) is 0 Å². The Balaban J connectivity index is 1.90. The molecule has 0 fully saturated rings. The number of rotatable bonds is 9. The predicted molar refractivity (Wildman–Crippen MR) is 128 cm³/mol. The zero-order valence-electron chi connectivity index (χ0n) is 18.5. The van der Waals surface area contributed by atoms with Crippen molar-refractivity contribution in [1.29, 1.82) is 0 Å². The van der Waals surface area contributed by atoms with E-state index in [1.165, 1.54) is 38.5 Å². The van der Waals surface area contributed by atoms with E-state index in [0.717, 1.165) is 15.4 Å². The Bertz CT molecular complexity index is 1220. The minimum atomic E-state index is -3.94. The van der Waals surface area contributed by atoms with E-state index in [-0.39, 0.29) is 11.4 Å². The minimum absolute atomic E-state index is 0.0333. The number of halogens is 1. The van der Waals surface area contributed by atoms with Crippen LogP contribution in [0.15, 0.2) is 71.6 Å². The van der Waals surface area contributed by atoms with Crippen LogP contribution in [0.1, 0.15) is 11.1 Å². The molecule has 174 valence electrons. The van der Waals surface area contributed by atoms with Gasteiger partial charge in [0.1, 0.15) is 11.5 Å². The van der Waals surface area contributed by atoms with Gasteiger partial charge in [0.15, 0.2) is 0 Å². The van der Waals surface area contributed by atoms with Gasteiger partial charge in [-0.25, -0.2) is 8.42 Å². The Hall–Kier alpha value is -3.07. The van der Waals surface area contributed by atoms with E-state index in [1.807, 2.05) is 37.3 Å². The molecule has 3 aromatic rings. The number of sulfonamides is 1. The summed E-state index contributed by atoms with van der Waals surface area (Å²) in [6.07, 6.45) is 0. The molecule has 3 rings (SSSR count). The molecule has 0 radical (unpaired) electrons. The Kier molecular flexibility index (Phi) is 7.97. The highest BCUT2D eigenvalue weighted by Gasteiger charge is 2.27. The van der Waals surface area contributed by atoms with Crippen molar-refractivity contribution >= 4 is 33.2 Å². The lowest BCUT2D eigenvalue weighted by molar-refractivity contribution is -0.116. The van der Waals surface area contributed by atoms with Crippen LogP contribution in [-0.4, -0.2) is 39.4 Å². The molecule has 0 aliphatic carbocycles. The molecule has 9 heteroatoms. The number of hydrogen-bond acceptors (Lipinski definition) is 5. The molecule has 0 aliphatic heterocycles. The lowest BCUT2D eigenvalue weighted by Gasteiger charge is -2.22. The van der Waals surface area contributed by atoms with Crippen LogP contribution < -0.4 is 14.8 Å². The maximum absolute atomic E-state index is 13.4. The second kappa shape index (κ2) is 10.7. The Morgan fingerprint density at radius 1 is 0.970 bits per heavy atom. The van der Waals surface area contributed by atoms with Gasteiger partial charge in [0.25, 0.3) is 0 Å². The Morgan fingerprint density at radius 2 is 1.61 bits per heavy atom. The average molecular weight is 489 g/mol. The third kappa shape index (κ3) is 6.04. The molecule has 0 bridgehead atoms. The number of ether oxygens (including phenoxy) is 2. The number of anilines is 1. The van der Waals surface area contributed by atoms with Crippen molar-refractivity contribution in [3.05, 3.63) is 82.9 Å². The molecule has 0 atom stereocenters. The van der Waals surface area contributed by atoms with Crippen LogP contribution in [-0.2, 0) is 21.4 Å². The maximum atomic E-state index is 13.4. The SMILES string of the molecule is COc1cc(NC(=O)CN(Cc2ccccc2)S(=O)(=O)c2ccc(C)cc2)c(OC)cc1Cl. The van der Waals surface area contributed by atoms with E-state index in [4.69, 9.17) is 21.1 Å². The summed E-state index contributed by atoms with van der Waals surface area (Å²) in [6.45, 7) is 1.50. The van der Waals surface area contributed by atoms with Crippen LogP contribution in [0.25, 0.3) is 0 Å². The van der Waals surface area contributed by atoms with E-state index >= 15 is 0 Å². The van der Waals surface area contributed by atoms with E-state index in [1.54, 1.807) is 12.1 Å². The first-order valence-electron chi connectivity index (χ1n) is 10.1. The van der Waals surface area contributed by atoms with Gasteiger partial charge in [-0.2, -0.15) is 4.31 Å². The predicted octanol–water partition coefficient (Wildman–Crippen LogP) is 4.50. The molecule has 0 aliphatic rings. The normalized spacial score (nSPS) is 11.3. The van der Waals surface area contributed by atoms with Crippen LogP contribution in [0.5, 0.6) is 11.5 Å². The highest BCUT2D eigenvalue weighted by atomic mass is 35.5. The van der Waals surface area contributed by atoms with Crippen LogP contribution in [0.2, 0.25) is 5.02 Å². The zero-order chi connectivity index (χ0) is 24.0. The number of amides is 1.